The highest BCUT2D eigenvalue weighted by atomic mass is 28.3. The zero-order valence-electron chi connectivity index (χ0n) is 10.3. The molecule has 0 aliphatic carbocycles. The SMILES string of the molecule is CCCCCOOCCC[Si](C)(C)C. The monoisotopic (exact) mass is 218 g/mol. The average Bonchev–Trinajstić information content (AvgIpc) is 2.08. The molecule has 0 saturated carbocycles. The van der Waals surface area contributed by atoms with Crippen LogP contribution < -0.4 is 0 Å². The van der Waals surface area contributed by atoms with Crippen LogP contribution in [0.5, 0.6) is 0 Å². The molecular formula is C11H26O2Si. The molecule has 0 unspecified atom stereocenters. The Morgan fingerprint density at radius 1 is 0.857 bits per heavy atom. The summed E-state index contributed by atoms with van der Waals surface area (Å²) in [6, 6.07) is 1.32. The van der Waals surface area contributed by atoms with Crippen molar-refractivity contribution < 1.29 is 9.78 Å². The molecule has 3 heteroatoms. The highest BCUT2D eigenvalue weighted by molar-refractivity contribution is 6.76. The molecule has 0 fully saturated rings. The van der Waals surface area contributed by atoms with Crippen LogP contribution in [0.3, 0.4) is 0 Å². The topological polar surface area (TPSA) is 18.5 Å². The van der Waals surface area contributed by atoms with Gasteiger partial charge in [0.15, 0.2) is 0 Å². The van der Waals surface area contributed by atoms with E-state index in [0.29, 0.717) is 0 Å². The lowest BCUT2D eigenvalue weighted by Gasteiger charge is -2.14. The molecule has 0 atom stereocenters. The molecule has 0 heterocycles. The van der Waals surface area contributed by atoms with Crippen LogP contribution in [0.2, 0.25) is 25.7 Å². The maximum absolute atomic E-state index is 5.10. The smallest absolute Gasteiger partial charge is 0.0822 e. The quantitative estimate of drug-likeness (QED) is 0.253. The predicted molar refractivity (Wildman–Crippen MR) is 64.2 cm³/mol. The maximum Gasteiger partial charge on any atom is 0.0822 e. The minimum absolute atomic E-state index is 0.751. The van der Waals surface area contributed by atoms with Gasteiger partial charge in [0.25, 0.3) is 0 Å². The lowest BCUT2D eigenvalue weighted by Crippen LogP contribution is -2.19. The number of hydrogen-bond acceptors (Lipinski definition) is 2. The molecule has 0 N–H and O–H groups in total. The van der Waals surface area contributed by atoms with Crippen molar-refractivity contribution in [2.75, 3.05) is 13.2 Å². The van der Waals surface area contributed by atoms with Crippen LogP contribution in [0.25, 0.3) is 0 Å². The number of unbranched alkanes of at least 4 members (excludes halogenated alkanes) is 2. The van der Waals surface area contributed by atoms with Gasteiger partial charge in [-0.25, -0.2) is 9.78 Å². The summed E-state index contributed by atoms with van der Waals surface area (Å²) in [4.78, 5) is 10.2. The molecule has 14 heavy (non-hydrogen) atoms. The Bertz CT molecular complexity index is 121. The lowest BCUT2D eigenvalue weighted by atomic mass is 10.3. The first-order valence-corrected chi connectivity index (χ1v) is 9.51. The van der Waals surface area contributed by atoms with Crippen molar-refractivity contribution in [1.29, 1.82) is 0 Å². The first-order chi connectivity index (χ1) is 6.56. The molecular weight excluding hydrogens is 192 g/mol. The van der Waals surface area contributed by atoms with E-state index in [1.54, 1.807) is 0 Å². The van der Waals surface area contributed by atoms with Gasteiger partial charge < -0.3 is 0 Å². The van der Waals surface area contributed by atoms with Crippen LogP contribution in [0.1, 0.15) is 32.6 Å². The second-order valence-electron chi connectivity index (χ2n) is 5.02. The Morgan fingerprint density at radius 3 is 1.93 bits per heavy atom. The van der Waals surface area contributed by atoms with E-state index in [2.05, 4.69) is 26.6 Å². The minimum atomic E-state index is -0.874. The Labute approximate surface area is 89.9 Å². The maximum atomic E-state index is 5.10. The summed E-state index contributed by atoms with van der Waals surface area (Å²) < 4.78 is 0. The minimum Gasteiger partial charge on any atom is -0.237 e. The third-order valence-electron chi connectivity index (χ3n) is 2.07. The third-order valence-corrected chi connectivity index (χ3v) is 3.92. The molecule has 0 aliphatic heterocycles. The fourth-order valence-electron chi connectivity index (χ4n) is 1.19. The van der Waals surface area contributed by atoms with Crippen molar-refractivity contribution in [3.05, 3.63) is 0 Å². The molecule has 0 saturated heterocycles. The van der Waals surface area contributed by atoms with Crippen molar-refractivity contribution in [2.45, 2.75) is 58.3 Å². The Kier molecular flexibility index (Phi) is 8.53. The van der Waals surface area contributed by atoms with E-state index < -0.39 is 8.07 Å². The predicted octanol–water partition coefficient (Wildman–Crippen LogP) is 3.85. The molecule has 0 aromatic rings. The van der Waals surface area contributed by atoms with Crippen LogP contribution in [0, 0.1) is 0 Å². The van der Waals surface area contributed by atoms with E-state index in [0.717, 1.165) is 26.1 Å². The van der Waals surface area contributed by atoms with E-state index >= 15 is 0 Å². The molecule has 86 valence electrons. The largest absolute Gasteiger partial charge is 0.237 e. The van der Waals surface area contributed by atoms with Gasteiger partial charge in [-0.3, -0.25) is 0 Å². The Balaban J connectivity index is 2.99. The summed E-state index contributed by atoms with van der Waals surface area (Å²) >= 11 is 0. The van der Waals surface area contributed by atoms with E-state index in [4.69, 9.17) is 9.78 Å². The van der Waals surface area contributed by atoms with Crippen LogP contribution in [-0.2, 0) is 9.78 Å². The summed E-state index contributed by atoms with van der Waals surface area (Å²) in [5, 5.41) is 0. The number of hydrogen-bond donors (Lipinski definition) is 0. The van der Waals surface area contributed by atoms with Gasteiger partial charge in [0.05, 0.1) is 13.2 Å². The fraction of sp³-hybridized carbons (Fsp3) is 1.00. The van der Waals surface area contributed by atoms with Crippen molar-refractivity contribution in [1.82, 2.24) is 0 Å². The Hall–Kier alpha value is 0.137. The van der Waals surface area contributed by atoms with Gasteiger partial charge in [-0.05, 0) is 12.8 Å². The van der Waals surface area contributed by atoms with Gasteiger partial charge in [0.1, 0.15) is 0 Å². The van der Waals surface area contributed by atoms with Gasteiger partial charge >= 0.3 is 0 Å². The lowest BCUT2D eigenvalue weighted by molar-refractivity contribution is -0.294. The highest BCUT2D eigenvalue weighted by Gasteiger charge is 2.11. The molecule has 2 nitrogen and oxygen atoms in total. The van der Waals surface area contributed by atoms with Gasteiger partial charge in [0, 0.05) is 8.07 Å². The van der Waals surface area contributed by atoms with Crippen LogP contribution >= 0.6 is 0 Å². The second-order valence-corrected chi connectivity index (χ2v) is 10.6. The highest BCUT2D eigenvalue weighted by Crippen LogP contribution is 2.10. The van der Waals surface area contributed by atoms with Gasteiger partial charge in [-0.2, -0.15) is 0 Å². The van der Waals surface area contributed by atoms with Crippen LogP contribution in [0.4, 0.5) is 0 Å². The molecule has 0 radical (unpaired) electrons. The second kappa shape index (κ2) is 8.45. The molecule has 0 aliphatic rings. The van der Waals surface area contributed by atoms with Crippen molar-refractivity contribution >= 4 is 8.07 Å². The Morgan fingerprint density at radius 2 is 1.43 bits per heavy atom. The zero-order valence-corrected chi connectivity index (χ0v) is 11.3. The van der Waals surface area contributed by atoms with Crippen molar-refractivity contribution in [2.24, 2.45) is 0 Å². The first-order valence-electron chi connectivity index (χ1n) is 5.80. The van der Waals surface area contributed by atoms with Gasteiger partial charge in [-0.15, -0.1) is 0 Å². The average molecular weight is 218 g/mol. The standard InChI is InChI=1S/C11H26O2Si/c1-5-6-7-9-12-13-10-8-11-14(2,3)4/h5-11H2,1-4H3. The van der Waals surface area contributed by atoms with E-state index in [1.165, 1.54) is 18.9 Å². The van der Waals surface area contributed by atoms with Gasteiger partial charge in [-0.1, -0.05) is 45.5 Å². The first kappa shape index (κ1) is 14.1. The van der Waals surface area contributed by atoms with Crippen LogP contribution in [-0.4, -0.2) is 21.3 Å². The molecule has 0 amide bonds. The molecule has 0 aromatic heterocycles. The summed E-state index contributed by atoms with van der Waals surface area (Å²) in [6.07, 6.45) is 4.73. The molecule has 0 rings (SSSR count). The van der Waals surface area contributed by atoms with Crippen molar-refractivity contribution in [3.63, 3.8) is 0 Å². The molecule has 0 aromatic carbocycles. The summed E-state index contributed by atoms with van der Waals surface area (Å²) in [5.74, 6) is 0. The van der Waals surface area contributed by atoms with E-state index in [1.807, 2.05) is 0 Å². The van der Waals surface area contributed by atoms with Gasteiger partial charge in [0.2, 0.25) is 0 Å². The van der Waals surface area contributed by atoms with Crippen LogP contribution in [0.15, 0.2) is 0 Å². The van der Waals surface area contributed by atoms with Crippen molar-refractivity contribution in [3.8, 4) is 0 Å². The molecule has 0 spiro atoms. The van der Waals surface area contributed by atoms with E-state index in [9.17, 15) is 0 Å². The fourth-order valence-corrected chi connectivity index (χ4v) is 2.40. The van der Waals surface area contributed by atoms with E-state index in [-0.39, 0.29) is 0 Å². The zero-order chi connectivity index (χ0) is 10.9. The summed E-state index contributed by atoms with van der Waals surface area (Å²) in [5.41, 5.74) is 0. The normalized spacial score (nSPS) is 12.0. The molecule has 0 bridgehead atoms. The number of rotatable bonds is 9. The third kappa shape index (κ3) is 12.1. The summed E-state index contributed by atoms with van der Waals surface area (Å²) in [7, 11) is -0.874. The summed E-state index contributed by atoms with van der Waals surface area (Å²) in [6.45, 7) is 10.9.